The molecule has 0 saturated heterocycles. The Morgan fingerprint density at radius 3 is 1.30 bits per heavy atom. The van der Waals surface area contributed by atoms with Gasteiger partial charge in [0, 0.05) is 6.61 Å². The van der Waals surface area contributed by atoms with E-state index in [0.29, 0.717) is 23.6 Å². The van der Waals surface area contributed by atoms with Gasteiger partial charge in [0.2, 0.25) is 0 Å². The van der Waals surface area contributed by atoms with E-state index in [-0.39, 0.29) is 19.8 Å². The Bertz CT molecular complexity index is 646. The number of hydrogen-bond acceptors (Lipinski definition) is 6. The van der Waals surface area contributed by atoms with Gasteiger partial charge in [-0.2, -0.15) is 0 Å². The van der Waals surface area contributed by atoms with Crippen LogP contribution in [0.15, 0.2) is 0 Å². The smallest absolute Gasteiger partial charge is 0.268 e. The van der Waals surface area contributed by atoms with Gasteiger partial charge in [-0.3, -0.25) is 4.57 Å². The van der Waals surface area contributed by atoms with Gasteiger partial charge < -0.3 is 28.3 Å². The lowest BCUT2D eigenvalue weighted by Crippen LogP contribution is -2.37. The fourth-order valence-electron chi connectivity index (χ4n) is 5.92. The summed E-state index contributed by atoms with van der Waals surface area (Å²) in [6.45, 7) is 5.50. The average molecular weight is 678 g/mol. The minimum absolute atomic E-state index is 0.0524. The van der Waals surface area contributed by atoms with Gasteiger partial charge in [0.15, 0.2) is 0 Å². The van der Waals surface area contributed by atoms with Crippen LogP contribution in [0.5, 0.6) is 0 Å². The van der Waals surface area contributed by atoms with E-state index >= 15 is 0 Å². The molecule has 278 valence electrons. The van der Waals surface area contributed by atoms with Crippen molar-refractivity contribution in [1.29, 1.82) is 0 Å². The van der Waals surface area contributed by atoms with Gasteiger partial charge in [0.05, 0.1) is 34.4 Å². The molecule has 0 aromatic carbocycles. The molecular formula is C38H80NO6P. The summed E-state index contributed by atoms with van der Waals surface area (Å²) in [6.07, 6.45) is 33.9. The molecule has 0 heterocycles. The fraction of sp³-hybridized carbons (Fsp3) is 1.00. The molecule has 0 amide bonds. The van der Waals surface area contributed by atoms with Crippen molar-refractivity contribution in [2.45, 2.75) is 187 Å². The number of rotatable bonds is 37. The largest absolute Gasteiger partial charge is 0.756 e. The first kappa shape index (κ1) is 46.0. The number of phosphoric acid groups is 1. The van der Waals surface area contributed by atoms with Crippen LogP contribution in [0.2, 0.25) is 0 Å². The molecule has 0 aliphatic rings. The van der Waals surface area contributed by atoms with Crippen molar-refractivity contribution in [1.82, 2.24) is 0 Å². The van der Waals surface area contributed by atoms with Crippen LogP contribution in [0.3, 0.4) is 0 Å². The highest BCUT2D eigenvalue weighted by molar-refractivity contribution is 7.45. The predicted octanol–water partition coefficient (Wildman–Crippen LogP) is 10.4. The SMILES string of the molecule is CCCCCCCCCCCCCCC(CCCCCCCCCCCCCC)COC[C@@H](O)COP(=O)([O-])OCC[N+](C)(C)C. The first-order chi connectivity index (χ1) is 22.1. The number of aliphatic hydroxyl groups is 1. The number of ether oxygens (including phenoxy) is 1. The lowest BCUT2D eigenvalue weighted by molar-refractivity contribution is -0.870. The molecule has 0 radical (unpaired) electrons. The second kappa shape index (κ2) is 32.2. The summed E-state index contributed by atoms with van der Waals surface area (Å²) in [4.78, 5) is 12.0. The van der Waals surface area contributed by atoms with Crippen LogP contribution in [0.1, 0.15) is 181 Å². The standard InChI is InChI=1S/C38H80NO6P/c1-6-8-10-12-14-16-18-20-22-24-26-28-30-37(31-29-27-25-23-21-19-17-15-13-11-9-7-2)34-43-35-38(40)36-45-46(41,42)44-33-32-39(3,4)5/h37-38,40H,6-36H2,1-5H3/t38-/m1/s1. The molecule has 46 heavy (non-hydrogen) atoms. The van der Waals surface area contributed by atoms with Crippen LogP contribution in [0.4, 0.5) is 0 Å². The summed E-state index contributed by atoms with van der Waals surface area (Å²) >= 11 is 0. The summed E-state index contributed by atoms with van der Waals surface area (Å²) in [7, 11) is 1.45. The van der Waals surface area contributed by atoms with Crippen molar-refractivity contribution < 1.29 is 32.8 Å². The highest BCUT2D eigenvalue weighted by Crippen LogP contribution is 2.38. The Morgan fingerprint density at radius 2 is 0.935 bits per heavy atom. The molecule has 8 heteroatoms. The molecular weight excluding hydrogens is 597 g/mol. The van der Waals surface area contributed by atoms with Gasteiger partial charge in [-0.1, -0.05) is 168 Å². The number of aliphatic hydroxyl groups excluding tert-OH is 1. The molecule has 0 aromatic rings. The summed E-state index contributed by atoms with van der Waals surface area (Å²) in [6, 6.07) is 0. The average Bonchev–Trinajstić information content (AvgIpc) is 3.00. The van der Waals surface area contributed by atoms with E-state index in [1.165, 1.54) is 154 Å². The molecule has 0 aromatic heterocycles. The zero-order valence-corrected chi connectivity index (χ0v) is 32.4. The Morgan fingerprint density at radius 1 is 0.565 bits per heavy atom. The summed E-state index contributed by atoms with van der Waals surface area (Å²) < 4.78 is 28.3. The first-order valence-corrected chi connectivity index (χ1v) is 21.2. The van der Waals surface area contributed by atoms with E-state index in [0.717, 1.165) is 12.8 Å². The zero-order chi connectivity index (χ0) is 34.2. The molecule has 0 rings (SSSR count). The quantitative estimate of drug-likeness (QED) is 0.0400. The fourth-order valence-corrected chi connectivity index (χ4v) is 6.65. The molecule has 0 bridgehead atoms. The maximum Gasteiger partial charge on any atom is 0.268 e. The molecule has 0 fully saturated rings. The van der Waals surface area contributed by atoms with Crippen molar-refractivity contribution in [2.75, 3.05) is 54.1 Å². The Kier molecular flexibility index (Phi) is 32.2. The number of quaternary nitrogens is 1. The number of unbranched alkanes of at least 4 members (excludes halogenated alkanes) is 22. The van der Waals surface area contributed by atoms with Gasteiger partial charge >= 0.3 is 0 Å². The van der Waals surface area contributed by atoms with Gasteiger partial charge in [-0.05, 0) is 18.8 Å². The molecule has 1 N–H and O–H groups in total. The molecule has 7 nitrogen and oxygen atoms in total. The van der Waals surface area contributed by atoms with E-state index in [1.54, 1.807) is 0 Å². The minimum atomic E-state index is -4.43. The third-order valence-electron chi connectivity index (χ3n) is 9.03. The lowest BCUT2D eigenvalue weighted by Gasteiger charge is -2.27. The monoisotopic (exact) mass is 678 g/mol. The summed E-state index contributed by atoms with van der Waals surface area (Å²) in [5.74, 6) is 0.490. The number of nitrogens with zero attached hydrogens (tertiary/aromatic N) is 1. The van der Waals surface area contributed by atoms with Crippen LogP contribution in [-0.2, 0) is 18.3 Å². The van der Waals surface area contributed by atoms with Crippen molar-refractivity contribution in [3.05, 3.63) is 0 Å². The van der Waals surface area contributed by atoms with Crippen LogP contribution < -0.4 is 4.89 Å². The predicted molar refractivity (Wildman–Crippen MR) is 194 cm³/mol. The van der Waals surface area contributed by atoms with E-state index in [4.69, 9.17) is 13.8 Å². The van der Waals surface area contributed by atoms with E-state index in [2.05, 4.69) is 13.8 Å². The van der Waals surface area contributed by atoms with Gasteiger partial charge in [0.25, 0.3) is 7.82 Å². The zero-order valence-electron chi connectivity index (χ0n) is 31.5. The topological polar surface area (TPSA) is 88.0 Å². The lowest BCUT2D eigenvalue weighted by atomic mass is 9.94. The molecule has 0 saturated carbocycles. The first-order valence-electron chi connectivity index (χ1n) is 19.8. The molecule has 0 aliphatic heterocycles. The number of hydrogen-bond donors (Lipinski definition) is 1. The molecule has 2 atom stereocenters. The van der Waals surface area contributed by atoms with Crippen molar-refractivity contribution >= 4 is 7.82 Å². The summed E-state index contributed by atoms with van der Waals surface area (Å²) in [5, 5.41) is 10.3. The number of phosphoric ester groups is 1. The minimum Gasteiger partial charge on any atom is -0.756 e. The maximum absolute atomic E-state index is 12.0. The second-order valence-corrected chi connectivity index (χ2v) is 16.4. The van der Waals surface area contributed by atoms with Crippen molar-refractivity contribution in [3.8, 4) is 0 Å². The molecule has 1 unspecified atom stereocenters. The second-order valence-electron chi connectivity index (χ2n) is 15.0. The van der Waals surface area contributed by atoms with Crippen LogP contribution in [-0.4, -0.2) is 69.8 Å². The van der Waals surface area contributed by atoms with Crippen LogP contribution in [0.25, 0.3) is 0 Å². The normalized spacial score (nSPS) is 14.3. The highest BCUT2D eigenvalue weighted by Gasteiger charge is 2.17. The van der Waals surface area contributed by atoms with Crippen LogP contribution >= 0.6 is 7.82 Å². The van der Waals surface area contributed by atoms with Gasteiger partial charge in [-0.25, -0.2) is 0 Å². The third kappa shape index (κ3) is 35.3. The highest BCUT2D eigenvalue weighted by atomic mass is 31.2. The summed E-state index contributed by atoms with van der Waals surface area (Å²) in [5.41, 5.74) is 0. The van der Waals surface area contributed by atoms with Crippen molar-refractivity contribution in [2.24, 2.45) is 5.92 Å². The Labute approximate surface area is 287 Å². The van der Waals surface area contributed by atoms with E-state index in [1.807, 2.05) is 21.1 Å². The Hall–Kier alpha value is -0.0100. The van der Waals surface area contributed by atoms with Gasteiger partial charge in [0.1, 0.15) is 19.3 Å². The molecule has 0 aliphatic carbocycles. The Balaban J connectivity index is 4.26. The number of likely N-dealkylation sites (N-methyl/N-ethyl adjacent to an activating group) is 1. The van der Waals surface area contributed by atoms with Gasteiger partial charge in [-0.15, -0.1) is 0 Å². The van der Waals surface area contributed by atoms with Crippen molar-refractivity contribution in [3.63, 3.8) is 0 Å². The third-order valence-corrected chi connectivity index (χ3v) is 10.00. The van der Waals surface area contributed by atoms with E-state index in [9.17, 15) is 14.6 Å². The van der Waals surface area contributed by atoms with E-state index < -0.39 is 13.9 Å². The molecule has 0 spiro atoms. The maximum atomic E-state index is 12.0. The van der Waals surface area contributed by atoms with Crippen LogP contribution in [0, 0.1) is 5.92 Å².